The molecule has 1 heterocycles. The third kappa shape index (κ3) is 2.99. The fraction of sp³-hybridized carbons (Fsp3) is 0. The molecule has 0 spiro atoms. The Balaban J connectivity index is 0.000000251. The Bertz CT molecular complexity index is 302. The highest BCUT2D eigenvalue weighted by molar-refractivity contribution is 5.77. The lowest BCUT2D eigenvalue weighted by molar-refractivity contribution is -1.27. The Morgan fingerprint density at radius 1 is 1.15 bits per heavy atom. The van der Waals surface area contributed by atoms with E-state index < -0.39 is 0 Å². The number of fused-ring (bicyclic) bond motifs is 1. The second-order valence-electron chi connectivity index (χ2n) is 2.27. The van der Waals surface area contributed by atoms with E-state index in [0.717, 1.165) is 5.52 Å². The number of aromatic nitrogens is 1. The maximum absolute atomic E-state index is 8.35. The van der Waals surface area contributed by atoms with Gasteiger partial charge in [-0.25, -0.2) is 0 Å². The molecule has 3 nitrogen and oxygen atoms in total. The smallest absolute Gasteiger partial charge is 0.327 e. The maximum atomic E-state index is 8.35. The van der Waals surface area contributed by atoms with E-state index in [1.807, 2.05) is 30.5 Å². The van der Waals surface area contributed by atoms with Crippen LogP contribution in [0.15, 0.2) is 42.6 Å². The van der Waals surface area contributed by atoms with Crippen LogP contribution < -0.4 is 4.66 Å². The summed E-state index contributed by atoms with van der Waals surface area (Å²) in [4.78, 5) is 4.18. The normalized spacial score (nSPS) is 9.08. The van der Waals surface area contributed by atoms with E-state index in [1.165, 1.54) is 5.39 Å². The van der Waals surface area contributed by atoms with E-state index in [-0.39, 0.29) is 11.3 Å². The molecule has 0 atom stereocenters. The summed E-state index contributed by atoms with van der Waals surface area (Å²) in [6.45, 7) is 0. The minimum atomic E-state index is -0.167. The van der Waals surface area contributed by atoms with Crippen LogP contribution >= 0.6 is 0 Å². The van der Waals surface area contributed by atoms with Crippen LogP contribution in [0.25, 0.3) is 10.9 Å². The van der Waals surface area contributed by atoms with Crippen molar-refractivity contribution in [1.29, 1.82) is 0 Å². The van der Waals surface area contributed by atoms with Crippen LogP contribution in [-0.2, 0) is 0 Å². The first kappa shape index (κ1) is 9.92. The van der Waals surface area contributed by atoms with Gasteiger partial charge in [-0.15, -0.1) is 4.66 Å². The van der Waals surface area contributed by atoms with Crippen molar-refractivity contribution in [2.24, 2.45) is 0 Å². The van der Waals surface area contributed by atoms with Gasteiger partial charge in [0.25, 0.3) is 0 Å². The summed E-state index contributed by atoms with van der Waals surface area (Å²) in [5.41, 5.74) is 1.06. The molecule has 0 bridgehead atoms. The summed E-state index contributed by atoms with van der Waals surface area (Å²) in [5.74, 6) is 0. The van der Waals surface area contributed by atoms with E-state index in [4.69, 9.17) is 9.32 Å². The molecule has 0 unspecified atom stereocenters. The van der Waals surface area contributed by atoms with Crippen molar-refractivity contribution >= 4 is 10.9 Å². The van der Waals surface area contributed by atoms with Crippen LogP contribution in [0.3, 0.4) is 0 Å². The number of benzene rings is 1. The molecule has 0 saturated heterocycles. The van der Waals surface area contributed by atoms with Crippen molar-refractivity contribution in [3.05, 3.63) is 42.6 Å². The van der Waals surface area contributed by atoms with Gasteiger partial charge in [0.05, 0.1) is 5.52 Å². The van der Waals surface area contributed by atoms with Gasteiger partial charge in [0.15, 0.2) is 0 Å². The van der Waals surface area contributed by atoms with Gasteiger partial charge in [0, 0.05) is 11.6 Å². The summed E-state index contributed by atoms with van der Waals surface area (Å²) < 4.78 is 15.2. The molecule has 0 aliphatic heterocycles. The number of para-hydroxylation sites is 1. The van der Waals surface area contributed by atoms with Crippen LogP contribution in [0.1, 0.15) is 0 Å². The molecule has 1 aromatic carbocycles. The zero-order chi connectivity index (χ0) is 9.52. The van der Waals surface area contributed by atoms with Gasteiger partial charge in [0.1, 0.15) is 0 Å². The topological polar surface area (TPSA) is 56.2 Å². The molecule has 2 rings (SSSR count). The molecule has 1 aromatic heterocycles. The molecular weight excluding hydrogens is 190 g/mol. The molecule has 0 aliphatic carbocycles. The minimum absolute atomic E-state index is 0.167. The van der Waals surface area contributed by atoms with Crippen molar-refractivity contribution in [3.8, 4) is 0 Å². The Morgan fingerprint density at radius 2 is 1.77 bits per heavy atom. The Morgan fingerprint density at radius 3 is 2.46 bits per heavy atom. The summed E-state index contributed by atoms with van der Waals surface area (Å²) >= 11 is -0.167. The predicted molar refractivity (Wildman–Crippen MR) is 44.0 cm³/mol. The first-order valence-corrected chi connectivity index (χ1v) is 4.23. The molecular formula is C9H8ClNO2. The lowest BCUT2D eigenvalue weighted by Gasteiger charge is -1.91. The molecule has 68 valence electrons. The van der Waals surface area contributed by atoms with Gasteiger partial charge < -0.3 is 4.66 Å². The Hall–Kier alpha value is -1.16. The van der Waals surface area contributed by atoms with E-state index in [0.29, 0.717) is 0 Å². The van der Waals surface area contributed by atoms with E-state index >= 15 is 0 Å². The largest absolute Gasteiger partial charge is 0.506 e. The molecule has 0 fully saturated rings. The number of halogens is 1. The predicted octanol–water partition coefficient (Wildman–Crippen LogP) is 0.489. The average Bonchev–Trinajstić information content (AvgIpc) is 2.19. The van der Waals surface area contributed by atoms with Crippen molar-refractivity contribution in [2.75, 3.05) is 0 Å². The SMILES string of the molecule is [O-][Cl+]O.c1ccc2ncccc2c1. The van der Waals surface area contributed by atoms with Crippen molar-refractivity contribution in [2.45, 2.75) is 0 Å². The molecule has 0 amide bonds. The van der Waals surface area contributed by atoms with Gasteiger partial charge in [-0.1, -0.05) is 24.3 Å². The van der Waals surface area contributed by atoms with Crippen LogP contribution in [0.4, 0.5) is 0 Å². The molecule has 0 aliphatic rings. The fourth-order valence-corrected chi connectivity index (χ4v) is 1.02. The monoisotopic (exact) mass is 197 g/mol. The van der Waals surface area contributed by atoms with Crippen LogP contribution in [0, 0.1) is 11.3 Å². The Labute approximate surface area is 79.7 Å². The number of nitrogens with zero attached hydrogens (tertiary/aromatic N) is 1. The molecule has 13 heavy (non-hydrogen) atoms. The molecule has 1 N–H and O–H groups in total. The summed E-state index contributed by atoms with van der Waals surface area (Å²) in [7, 11) is 0. The van der Waals surface area contributed by atoms with Crippen LogP contribution in [0.2, 0.25) is 0 Å². The lowest BCUT2D eigenvalue weighted by atomic mass is 10.2. The first-order valence-electron chi connectivity index (χ1n) is 3.59. The highest BCUT2D eigenvalue weighted by atomic mass is 35.6. The Kier molecular flexibility index (Phi) is 4.18. The number of hydrogen-bond donors (Lipinski definition) is 1. The van der Waals surface area contributed by atoms with Crippen LogP contribution in [0.5, 0.6) is 0 Å². The van der Waals surface area contributed by atoms with Gasteiger partial charge in [-0.3, -0.25) is 4.98 Å². The lowest BCUT2D eigenvalue weighted by Crippen LogP contribution is -1.94. The molecule has 0 saturated carbocycles. The van der Waals surface area contributed by atoms with Crippen molar-refractivity contribution in [3.63, 3.8) is 0 Å². The van der Waals surface area contributed by atoms with E-state index in [2.05, 4.69) is 17.1 Å². The van der Waals surface area contributed by atoms with Gasteiger partial charge in [0.2, 0.25) is 0 Å². The zero-order valence-corrected chi connectivity index (χ0v) is 7.48. The third-order valence-corrected chi connectivity index (χ3v) is 1.51. The van der Waals surface area contributed by atoms with Gasteiger partial charge in [-0.05, 0) is 12.1 Å². The van der Waals surface area contributed by atoms with Gasteiger partial charge >= 0.3 is 11.3 Å². The third-order valence-electron chi connectivity index (χ3n) is 1.51. The van der Waals surface area contributed by atoms with E-state index in [1.54, 1.807) is 0 Å². The summed E-state index contributed by atoms with van der Waals surface area (Å²) in [6.07, 6.45) is 1.81. The fourth-order valence-electron chi connectivity index (χ4n) is 1.02. The van der Waals surface area contributed by atoms with Gasteiger partial charge in [-0.2, -0.15) is 0 Å². The molecule has 2 aromatic rings. The maximum Gasteiger partial charge on any atom is 0.327 e. The van der Waals surface area contributed by atoms with Crippen LogP contribution in [-0.4, -0.2) is 9.64 Å². The second-order valence-corrected chi connectivity index (χ2v) is 2.40. The van der Waals surface area contributed by atoms with E-state index in [9.17, 15) is 0 Å². The highest BCUT2D eigenvalue weighted by Gasteiger charge is 1.86. The highest BCUT2D eigenvalue weighted by Crippen LogP contribution is 2.07. The average molecular weight is 198 g/mol. The molecule has 0 radical (unpaired) electrons. The number of pyridine rings is 1. The first-order chi connectivity index (χ1) is 6.38. The molecule has 4 heteroatoms. The number of rotatable bonds is 0. The van der Waals surface area contributed by atoms with Crippen molar-refractivity contribution in [1.82, 2.24) is 4.98 Å². The standard InChI is InChI=1S/C9H7N.ClHO2/c1-2-6-9-8(4-1)5-3-7-10-9;2-1-3/h1-7H;2H. The number of hydrogen-bond acceptors (Lipinski definition) is 3. The quantitative estimate of drug-likeness (QED) is 0.669. The second kappa shape index (κ2) is 5.48. The summed E-state index contributed by atoms with van der Waals surface area (Å²) in [6, 6.07) is 12.1. The minimum Gasteiger partial charge on any atom is -0.506 e. The van der Waals surface area contributed by atoms with Crippen molar-refractivity contribution < 1.29 is 20.6 Å². The summed E-state index contributed by atoms with van der Waals surface area (Å²) in [5, 5.41) is 1.20. The zero-order valence-electron chi connectivity index (χ0n) is 6.72.